The molecule has 1 aromatic rings. The first-order valence-electron chi connectivity index (χ1n) is 5.13. The van der Waals surface area contributed by atoms with Crippen LogP contribution in [0, 0.1) is 0 Å². The molecule has 0 aliphatic heterocycles. The quantitative estimate of drug-likeness (QED) is 0.441. The number of carbonyl (C=O) groups excluding carboxylic acids is 2. The van der Waals surface area contributed by atoms with Crippen molar-refractivity contribution in [2.24, 2.45) is 0 Å². The summed E-state index contributed by atoms with van der Waals surface area (Å²) in [5, 5.41) is 0. The van der Waals surface area contributed by atoms with Gasteiger partial charge in [0.1, 0.15) is 0 Å². The van der Waals surface area contributed by atoms with Crippen molar-refractivity contribution in [1.82, 2.24) is 0 Å². The summed E-state index contributed by atoms with van der Waals surface area (Å²) >= 11 is 0. The number of hydrogen-bond acceptors (Lipinski definition) is 4. The second-order valence-electron chi connectivity index (χ2n) is 3.02. The monoisotopic (exact) mass is 644 g/mol. The zero-order chi connectivity index (χ0) is 12.0. The van der Waals surface area contributed by atoms with Crippen LogP contribution in [0.4, 0.5) is 0 Å². The number of benzene rings is 1. The zero-order valence-electron chi connectivity index (χ0n) is 10.4. The van der Waals surface area contributed by atoms with Crippen molar-refractivity contribution in [3.05, 3.63) is 35.4 Å². The molecule has 6 heteroatoms. The average molecular weight is 644 g/mol. The Morgan fingerprint density at radius 2 is 1.11 bits per heavy atom. The Hall–Kier alpha value is -0.0478. The van der Waals surface area contributed by atoms with Crippen molar-refractivity contribution in [3.8, 4) is 0 Å². The second-order valence-corrected chi connectivity index (χ2v) is 3.02. The van der Waals surface area contributed by atoms with Gasteiger partial charge in [0.2, 0.25) is 0 Å². The van der Waals surface area contributed by atoms with Crippen molar-refractivity contribution in [1.29, 1.82) is 0 Å². The summed E-state index contributed by atoms with van der Waals surface area (Å²) in [4.78, 5) is 22.6. The van der Waals surface area contributed by atoms with E-state index in [9.17, 15) is 9.59 Å². The van der Waals surface area contributed by atoms with Crippen LogP contribution < -0.4 is 0 Å². The van der Waals surface area contributed by atoms with E-state index >= 15 is 0 Å². The van der Waals surface area contributed by atoms with Crippen LogP contribution >= 0.6 is 0 Å². The van der Waals surface area contributed by atoms with Crippen LogP contribution in [0.1, 0.15) is 34.6 Å². The van der Waals surface area contributed by atoms with E-state index in [1.807, 2.05) is 0 Å². The van der Waals surface area contributed by atoms with Gasteiger partial charge in [-0.2, -0.15) is 0 Å². The fourth-order valence-electron chi connectivity index (χ4n) is 1.17. The molecular weight excluding hydrogens is 626 g/mol. The van der Waals surface area contributed by atoms with Crippen molar-refractivity contribution in [3.63, 3.8) is 0 Å². The SMILES string of the molecule is CCOC(=O)c1ccc(C(=O)OCC)cc1.[PoH2].[PoH2]. The average Bonchev–Trinajstić information content (AvgIpc) is 2.30. The van der Waals surface area contributed by atoms with Gasteiger partial charge in [0.25, 0.3) is 0 Å². The summed E-state index contributed by atoms with van der Waals surface area (Å²) in [7, 11) is 0. The second kappa shape index (κ2) is 10.8. The van der Waals surface area contributed by atoms with Gasteiger partial charge in [-0.15, -0.1) is 0 Å². The number of ether oxygens (including phenoxy) is 2. The molecule has 0 saturated carbocycles. The molecule has 0 aliphatic carbocycles. The van der Waals surface area contributed by atoms with Crippen molar-refractivity contribution < 1.29 is 19.1 Å². The standard InChI is InChI=1S/C12H14O4.2Po.4H/c1-3-15-11(13)9-5-7-10(8-6-9)12(14)16-4-2;;;;;;/h5-8H,3-4H2,1-2H3;;;;;;. The number of carbonyl (C=O) groups is 2. The summed E-state index contributed by atoms with van der Waals surface area (Å²) in [5.74, 6) is -0.782. The van der Waals surface area contributed by atoms with Crippen molar-refractivity contribution >= 4 is 65.1 Å². The molecule has 4 nitrogen and oxygen atoms in total. The molecule has 0 fully saturated rings. The number of hydrogen-bond donors (Lipinski definition) is 0. The Bertz CT molecular complexity index is 339. The molecule has 102 valence electrons. The van der Waals surface area contributed by atoms with Gasteiger partial charge in [0, 0.05) is 0 Å². The summed E-state index contributed by atoms with van der Waals surface area (Å²) in [6.45, 7) is 4.15. The summed E-state index contributed by atoms with van der Waals surface area (Å²) in [6.07, 6.45) is 0. The molecule has 18 heavy (non-hydrogen) atoms. The number of rotatable bonds is 4. The first kappa shape index (κ1) is 20.3. The Balaban J connectivity index is 0. The Kier molecular flexibility index (Phi) is 12.2. The number of esters is 2. The van der Waals surface area contributed by atoms with Crippen LogP contribution in [0.3, 0.4) is 0 Å². The van der Waals surface area contributed by atoms with Crippen LogP contribution in [0.2, 0.25) is 0 Å². The molecule has 0 heterocycles. The van der Waals surface area contributed by atoms with Gasteiger partial charge in [0.15, 0.2) is 0 Å². The van der Waals surface area contributed by atoms with Crippen LogP contribution in [0.5, 0.6) is 0 Å². The molecule has 0 spiro atoms. The predicted octanol–water partition coefficient (Wildman–Crippen LogP) is 0.208. The van der Waals surface area contributed by atoms with E-state index in [0.717, 1.165) is 0 Å². The fourth-order valence-corrected chi connectivity index (χ4v) is 1.17. The molecule has 0 unspecified atom stereocenters. The summed E-state index contributed by atoms with van der Waals surface area (Å²) in [6, 6.07) is 6.18. The molecule has 0 radical (unpaired) electrons. The zero-order valence-corrected chi connectivity index (χ0v) is 18.1. The predicted molar refractivity (Wildman–Crippen MR) is 75.4 cm³/mol. The normalized spacial score (nSPS) is 8.56. The molecule has 0 bridgehead atoms. The topological polar surface area (TPSA) is 52.6 Å². The Morgan fingerprint density at radius 1 is 0.833 bits per heavy atom. The minimum absolute atomic E-state index is 0. The molecular formula is C12H18O4Po2. The van der Waals surface area contributed by atoms with Crippen molar-refractivity contribution in [2.75, 3.05) is 13.2 Å². The molecule has 0 amide bonds. The van der Waals surface area contributed by atoms with E-state index in [2.05, 4.69) is 0 Å². The van der Waals surface area contributed by atoms with Crippen LogP contribution in [-0.4, -0.2) is 78.3 Å². The minimum atomic E-state index is -0.391. The van der Waals surface area contributed by atoms with E-state index in [-0.39, 0.29) is 53.1 Å². The van der Waals surface area contributed by atoms with Gasteiger partial charge < -0.3 is 9.47 Å². The van der Waals surface area contributed by atoms with Gasteiger partial charge in [-0.05, 0) is 38.1 Å². The third kappa shape index (κ3) is 6.22. The molecule has 1 rings (SSSR count). The van der Waals surface area contributed by atoms with E-state index in [0.29, 0.717) is 24.3 Å². The summed E-state index contributed by atoms with van der Waals surface area (Å²) < 4.78 is 9.64. The first-order chi connectivity index (χ1) is 7.69. The molecule has 0 N–H and O–H groups in total. The van der Waals surface area contributed by atoms with Crippen LogP contribution in [0.15, 0.2) is 24.3 Å². The van der Waals surface area contributed by atoms with E-state index < -0.39 is 11.9 Å². The van der Waals surface area contributed by atoms with E-state index in [1.165, 1.54) is 0 Å². The first-order valence-corrected chi connectivity index (χ1v) is 5.13. The molecule has 0 aromatic heterocycles. The van der Waals surface area contributed by atoms with E-state index in [4.69, 9.17) is 9.47 Å². The third-order valence-electron chi connectivity index (χ3n) is 1.91. The van der Waals surface area contributed by atoms with Gasteiger partial charge in [-0.25, -0.2) is 9.59 Å². The van der Waals surface area contributed by atoms with Crippen molar-refractivity contribution in [2.45, 2.75) is 13.8 Å². The van der Waals surface area contributed by atoms with Gasteiger partial charge >= 0.3 is 65.1 Å². The molecule has 0 aliphatic rings. The van der Waals surface area contributed by atoms with Gasteiger partial charge in [0.05, 0.1) is 24.3 Å². The van der Waals surface area contributed by atoms with Crippen LogP contribution in [0.25, 0.3) is 0 Å². The van der Waals surface area contributed by atoms with E-state index in [1.54, 1.807) is 38.1 Å². The molecule has 0 saturated heterocycles. The van der Waals surface area contributed by atoms with Gasteiger partial charge in [-0.1, -0.05) is 0 Å². The van der Waals surface area contributed by atoms with Crippen LogP contribution in [-0.2, 0) is 9.47 Å². The maximum absolute atomic E-state index is 11.3. The molecule has 0 atom stereocenters. The Labute approximate surface area is 145 Å². The summed E-state index contributed by atoms with van der Waals surface area (Å²) in [5.41, 5.74) is 0.852. The third-order valence-corrected chi connectivity index (χ3v) is 1.91. The fraction of sp³-hybridized carbons (Fsp3) is 0.333. The maximum atomic E-state index is 11.3. The van der Waals surface area contributed by atoms with Gasteiger partial charge in [-0.3, -0.25) is 0 Å². The molecule has 1 aromatic carbocycles. The Morgan fingerprint density at radius 3 is 1.33 bits per heavy atom.